The minimum absolute atomic E-state index is 0. The molecule has 20 heavy (non-hydrogen) atoms. The summed E-state index contributed by atoms with van der Waals surface area (Å²) >= 11 is 0. The van der Waals surface area contributed by atoms with Crippen molar-refractivity contribution in [3.05, 3.63) is 59.7 Å². The molecule has 0 spiro atoms. The van der Waals surface area contributed by atoms with Gasteiger partial charge in [0.2, 0.25) is 0 Å². The topological polar surface area (TPSA) is 0 Å². The Hall–Kier alpha value is 0.883. The molecule has 1 aromatic rings. The summed E-state index contributed by atoms with van der Waals surface area (Å²) in [6.45, 7) is 4.70. The van der Waals surface area contributed by atoms with Crippen LogP contribution in [0.1, 0.15) is 17.9 Å². The molecule has 0 radical (unpaired) electrons. The molecule has 1 atom stereocenters. The summed E-state index contributed by atoms with van der Waals surface area (Å²) in [5, 5.41) is 0. The third-order valence-electron chi connectivity index (χ3n) is 2.85. The molecule has 0 amide bonds. The van der Waals surface area contributed by atoms with Gasteiger partial charge in [-0.05, 0) is 31.0 Å². The predicted octanol–water partition coefficient (Wildman–Crippen LogP) is 5.46. The number of allylic oxidation sites excluding steroid dienone is 4. The van der Waals surface area contributed by atoms with Crippen LogP contribution in [0.15, 0.2) is 48.1 Å². The number of benzene rings is 1. The molecule has 1 aliphatic rings. The molecule has 112 valence electrons. The van der Waals surface area contributed by atoms with Gasteiger partial charge in [0.25, 0.3) is 0 Å². The summed E-state index contributed by atoms with van der Waals surface area (Å²) in [6.07, 6.45) is 10.2. The fraction of sp³-hybridized carbons (Fsp3) is 0.333. The first-order valence-corrected chi connectivity index (χ1v) is 8.16. The zero-order valence-corrected chi connectivity index (χ0v) is 17.5. The molecule has 0 bridgehead atoms. The second kappa shape index (κ2) is 13.5. The van der Waals surface area contributed by atoms with Gasteiger partial charge >= 0.3 is 0 Å². The molecule has 0 saturated heterocycles. The quantitative estimate of drug-likeness (QED) is 0.440. The summed E-state index contributed by atoms with van der Waals surface area (Å²) in [4.78, 5) is 0. The van der Waals surface area contributed by atoms with Gasteiger partial charge in [-0.25, -0.2) is 11.6 Å². The van der Waals surface area contributed by atoms with Gasteiger partial charge in [-0.15, -0.1) is 51.6 Å². The van der Waals surface area contributed by atoms with Crippen molar-refractivity contribution in [1.82, 2.24) is 0 Å². The molecular weight excluding hydrogens is 409 g/mol. The fourth-order valence-electron chi connectivity index (χ4n) is 2.09. The van der Waals surface area contributed by atoms with Gasteiger partial charge in [0, 0.05) is 26.2 Å². The second-order valence-corrected chi connectivity index (χ2v) is 6.99. The monoisotopic (exact) mass is 427 g/mol. The van der Waals surface area contributed by atoms with E-state index < -0.39 is 0 Å². The van der Waals surface area contributed by atoms with E-state index in [1.165, 1.54) is 17.3 Å². The first-order chi connectivity index (χ1) is 7.77. The van der Waals surface area contributed by atoms with Crippen LogP contribution in [0.4, 0.5) is 0 Å². The summed E-state index contributed by atoms with van der Waals surface area (Å²) in [5.41, 5.74) is 2.83. The predicted molar refractivity (Wildman–Crippen MR) is 95.1 cm³/mol. The Kier molecular flexibility index (Phi) is 17.5. The van der Waals surface area contributed by atoms with Crippen LogP contribution in [0.5, 0.6) is 0 Å². The molecule has 1 unspecified atom stereocenters. The van der Waals surface area contributed by atoms with Gasteiger partial charge in [-0.1, -0.05) is 30.3 Å². The van der Waals surface area contributed by atoms with Gasteiger partial charge < -0.3 is 0 Å². The van der Waals surface area contributed by atoms with Gasteiger partial charge in [0.05, 0.1) is 0 Å². The molecule has 0 aliphatic heterocycles. The Bertz CT molecular complexity index is 405. The Morgan fingerprint density at radius 2 is 1.70 bits per heavy atom. The summed E-state index contributed by atoms with van der Waals surface area (Å²) < 4.78 is 0. The van der Waals surface area contributed by atoms with Crippen LogP contribution in [0.2, 0.25) is 0 Å². The smallest absolute Gasteiger partial charge is 0 e. The Labute approximate surface area is 162 Å². The van der Waals surface area contributed by atoms with Crippen molar-refractivity contribution in [3.63, 3.8) is 0 Å². The third kappa shape index (κ3) is 7.77. The van der Waals surface area contributed by atoms with E-state index in [0.717, 1.165) is 6.42 Å². The van der Waals surface area contributed by atoms with Crippen molar-refractivity contribution in [1.29, 1.82) is 0 Å². The Balaban J connectivity index is -0.000000722. The van der Waals surface area contributed by atoms with E-state index in [-0.39, 0.29) is 71.3 Å². The Morgan fingerprint density at radius 1 is 1.10 bits per heavy atom. The largest absolute Gasteiger partial charge is 0.269 e. The van der Waals surface area contributed by atoms with E-state index >= 15 is 0 Å². The maximum Gasteiger partial charge on any atom is 0 e. The molecule has 5 heteroatoms. The number of rotatable bonds is 4. The van der Waals surface area contributed by atoms with Crippen molar-refractivity contribution >= 4 is 45.1 Å². The van der Waals surface area contributed by atoms with E-state index in [4.69, 9.17) is 0 Å². The van der Waals surface area contributed by atoms with Crippen molar-refractivity contribution in [2.24, 2.45) is 0 Å². The number of hydrogen-bond donors (Lipinski definition) is 0. The van der Waals surface area contributed by atoms with E-state index in [9.17, 15) is 0 Å². The van der Waals surface area contributed by atoms with Crippen molar-refractivity contribution in [2.75, 3.05) is 19.5 Å². The first kappa shape index (κ1) is 25.8. The second-order valence-electron chi connectivity index (χ2n) is 4.46. The maximum absolute atomic E-state index is 3.48. The van der Waals surface area contributed by atoms with Crippen LogP contribution in [0, 0.1) is 6.08 Å². The number of halogens is 3. The summed E-state index contributed by atoms with van der Waals surface area (Å²) in [5.74, 6) is 0.557. The Morgan fingerprint density at radius 3 is 2.15 bits per heavy atom. The van der Waals surface area contributed by atoms with Crippen LogP contribution in [0.25, 0.3) is 0 Å². The van der Waals surface area contributed by atoms with Crippen molar-refractivity contribution in [2.45, 2.75) is 12.3 Å². The van der Waals surface area contributed by atoms with Gasteiger partial charge in [-0.3, -0.25) is 6.08 Å². The normalized spacial score (nSPS) is 13.2. The van der Waals surface area contributed by atoms with E-state index in [1.807, 2.05) is 0 Å². The third-order valence-corrected chi connectivity index (χ3v) is 3.94. The zero-order chi connectivity index (χ0) is 11.4. The summed E-state index contributed by atoms with van der Waals surface area (Å²) in [7, 11) is 0.126. The van der Waals surface area contributed by atoms with E-state index in [0.29, 0.717) is 5.92 Å². The van der Waals surface area contributed by atoms with Crippen LogP contribution in [0.3, 0.4) is 0 Å². The van der Waals surface area contributed by atoms with E-state index in [2.05, 4.69) is 61.9 Å². The van der Waals surface area contributed by atoms with Crippen LogP contribution in [-0.2, 0) is 26.2 Å². The maximum atomic E-state index is 3.48. The molecule has 0 fully saturated rings. The number of hydrogen-bond acceptors (Lipinski definition) is 0. The molecule has 0 heterocycles. The van der Waals surface area contributed by atoms with E-state index in [1.54, 1.807) is 0 Å². The SMILES string of the molecule is CP(C)CC(C1=[C-]CC=C1)c1ccccc1.Cl.Cl.Cl.[Zr]. The standard InChI is InChI=1S/C15H18P.3ClH.Zr/c1-16(2)12-15(14-10-6-7-11-14)13-8-4-3-5-9-13;;;;/h3-6,8-10,15H,7,12H2,1-2H3;3*1H;/q-1;;;;. The zero-order valence-electron chi connectivity index (χ0n) is 11.7. The molecule has 1 aliphatic carbocycles. The minimum atomic E-state index is 0. The van der Waals surface area contributed by atoms with Gasteiger partial charge in [0.15, 0.2) is 0 Å². The fourth-order valence-corrected chi connectivity index (χ4v) is 3.23. The average Bonchev–Trinajstić information content (AvgIpc) is 2.80. The average molecular weight is 430 g/mol. The van der Waals surface area contributed by atoms with Gasteiger partial charge in [-0.2, -0.15) is 6.08 Å². The summed E-state index contributed by atoms with van der Waals surface area (Å²) in [6, 6.07) is 10.8. The first-order valence-electron chi connectivity index (χ1n) is 5.74. The van der Waals surface area contributed by atoms with Crippen LogP contribution in [-0.4, -0.2) is 19.5 Å². The van der Waals surface area contributed by atoms with Crippen molar-refractivity contribution < 1.29 is 26.2 Å². The molecule has 0 nitrogen and oxygen atoms in total. The van der Waals surface area contributed by atoms with Crippen LogP contribution < -0.4 is 0 Å². The molecule has 1 aromatic carbocycles. The molecular formula is C15H21Cl3PZr-. The van der Waals surface area contributed by atoms with Crippen molar-refractivity contribution in [3.8, 4) is 0 Å². The molecule has 0 N–H and O–H groups in total. The molecule has 2 rings (SSSR count). The van der Waals surface area contributed by atoms with Gasteiger partial charge in [0.1, 0.15) is 0 Å². The van der Waals surface area contributed by atoms with Crippen LogP contribution >= 0.6 is 45.1 Å². The minimum Gasteiger partial charge on any atom is -0.269 e. The molecule has 0 saturated carbocycles. The molecule has 0 aromatic heterocycles.